The van der Waals surface area contributed by atoms with Crippen molar-refractivity contribution in [1.29, 1.82) is 0 Å². The van der Waals surface area contributed by atoms with E-state index in [1.165, 1.54) is 0 Å². The van der Waals surface area contributed by atoms with Crippen molar-refractivity contribution < 1.29 is 9.59 Å². The van der Waals surface area contributed by atoms with Crippen molar-refractivity contribution >= 4 is 27.9 Å². The molecule has 2 N–H and O–H groups in total. The fourth-order valence-electron chi connectivity index (χ4n) is 0.604. The SMILES string of the molecule is C[C@@]1(Br)CNC(=O)NC1=O. The molecule has 0 bridgehead atoms. The molecule has 0 unspecified atom stereocenters. The van der Waals surface area contributed by atoms with Gasteiger partial charge in [0.15, 0.2) is 0 Å². The van der Waals surface area contributed by atoms with Gasteiger partial charge in [0.2, 0.25) is 5.91 Å². The van der Waals surface area contributed by atoms with Gasteiger partial charge in [-0.05, 0) is 6.92 Å². The number of hydrogen-bond acceptors (Lipinski definition) is 2. The maximum Gasteiger partial charge on any atom is 0.321 e. The lowest BCUT2D eigenvalue weighted by molar-refractivity contribution is -0.122. The first kappa shape index (κ1) is 7.53. The maximum absolute atomic E-state index is 10.9. The van der Waals surface area contributed by atoms with Crippen LogP contribution in [0.4, 0.5) is 4.79 Å². The van der Waals surface area contributed by atoms with Gasteiger partial charge in [0.05, 0.1) is 0 Å². The van der Waals surface area contributed by atoms with Gasteiger partial charge in [-0.1, -0.05) is 15.9 Å². The minimum absolute atomic E-state index is 0.295. The highest BCUT2D eigenvalue weighted by atomic mass is 79.9. The molecule has 1 aliphatic rings. The van der Waals surface area contributed by atoms with Gasteiger partial charge in [-0.15, -0.1) is 0 Å². The van der Waals surface area contributed by atoms with Crippen molar-refractivity contribution in [3.8, 4) is 0 Å². The molecule has 0 spiro atoms. The van der Waals surface area contributed by atoms with Gasteiger partial charge >= 0.3 is 6.03 Å². The molecule has 3 amide bonds. The van der Waals surface area contributed by atoms with Crippen LogP contribution in [0.2, 0.25) is 0 Å². The summed E-state index contributed by atoms with van der Waals surface area (Å²) in [5, 5.41) is 4.62. The maximum atomic E-state index is 10.9. The topological polar surface area (TPSA) is 58.2 Å². The first-order valence-electron chi connectivity index (χ1n) is 2.80. The molecule has 1 aliphatic heterocycles. The molecule has 5 heteroatoms. The molecule has 0 aliphatic carbocycles. The number of hydrogen-bond donors (Lipinski definition) is 2. The third-order valence-electron chi connectivity index (χ3n) is 1.28. The molecular weight excluding hydrogens is 200 g/mol. The zero-order valence-electron chi connectivity index (χ0n) is 5.40. The molecule has 0 radical (unpaired) electrons. The lowest BCUT2D eigenvalue weighted by Gasteiger charge is -2.26. The van der Waals surface area contributed by atoms with Gasteiger partial charge in [0.1, 0.15) is 4.32 Å². The van der Waals surface area contributed by atoms with E-state index in [-0.39, 0.29) is 5.91 Å². The summed E-state index contributed by atoms with van der Waals surface area (Å²) in [6.45, 7) is 2.03. The molecule has 0 aromatic carbocycles. The van der Waals surface area contributed by atoms with Crippen LogP contribution in [0.5, 0.6) is 0 Å². The van der Waals surface area contributed by atoms with Crippen LogP contribution in [-0.2, 0) is 4.79 Å². The number of nitrogens with one attached hydrogen (secondary N) is 2. The van der Waals surface area contributed by atoms with Gasteiger partial charge in [-0.2, -0.15) is 0 Å². The minimum Gasteiger partial charge on any atom is -0.336 e. The number of rotatable bonds is 0. The molecule has 1 saturated heterocycles. The van der Waals surface area contributed by atoms with Gasteiger partial charge in [-0.3, -0.25) is 10.1 Å². The van der Waals surface area contributed by atoms with Crippen molar-refractivity contribution in [3.63, 3.8) is 0 Å². The number of urea groups is 1. The third kappa shape index (κ3) is 1.29. The highest BCUT2D eigenvalue weighted by molar-refractivity contribution is 9.10. The van der Waals surface area contributed by atoms with E-state index in [4.69, 9.17) is 0 Å². The Hall–Kier alpha value is -0.580. The van der Waals surface area contributed by atoms with E-state index >= 15 is 0 Å². The Morgan fingerprint density at radius 3 is 2.60 bits per heavy atom. The van der Waals surface area contributed by atoms with Crippen LogP contribution in [0.3, 0.4) is 0 Å². The van der Waals surface area contributed by atoms with Crippen LogP contribution in [0, 0.1) is 0 Å². The second-order valence-electron chi connectivity index (χ2n) is 2.33. The Kier molecular flexibility index (Phi) is 1.68. The molecule has 0 aromatic rings. The Balaban J connectivity index is 2.70. The zero-order chi connectivity index (χ0) is 7.78. The van der Waals surface area contributed by atoms with Gasteiger partial charge in [-0.25, -0.2) is 4.79 Å². The van der Waals surface area contributed by atoms with Crippen molar-refractivity contribution in [3.05, 3.63) is 0 Å². The van der Waals surface area contributed by atoms with E-state index in [1.54, 1.807) is 6.92 Å². The quantitative estimate of drug-likeness (QED) is 0.548. The predicted molar refractivity (Wildman–Crippen MR) is 38.9 cm³/mol. The predicted octanol–water partition coefficient (Wildman–Crippen LogP) is -0.0206. The highest BCUT2D eigenvalue weighted by Gasteiger charge is 2.35. The van der Waals surface area contributed by atoms with Gasteiger partial charge in [0, 0.05) is 6.54 Å². The van der Waals surface area contributed by atoms with Crippen molar-refractivity contribution in [2.75, 3.05) is 6.54 Å². The van der Waals surface area contributed by atoms with Crippen LogP contribution in [0.1, 0.15) is 6.92 Å². The molecule has 1 fully saturated rings. The number of alkyl halides is 1. The van der Waals surface area contributed by atoms with Crippen LogP contribution in [-0.4, -0.2) is 22.8 Å². The molecule has 56 valence electrons. The first-order valence-corrected chi connectivity index (χ1v) is 3.60. The first-order chi connectivity index (χ1) is 4.52. The zero-order valence-corrected chi connectivity index (χ0v) is 6.99. The molecule has 1 heterocycles. The Morgan fingerprint density at radius 2 is 2.20 bits per heavy atom. The van der Waals surface area contributed by atoms with Crippen LogP contribution in [0.15, 0.2) is 0 Å². The lowest BCUT2D eigenvalue weighted by atomic mass is 10.1. The lowest BCUT2D eigenvalue weighted by Crippen LogP contribution is -2.58. The smallest absolute Gasteiger partial charge is 0.321 e. The van der Waals surface area contributed by atoms with E-state index in [2.05, 4.69) is 26.6 Å². The Bertz CT molecular complexity index is 190. The van der Waals surface area contributed by atoms with Crippen LogP contribution >= 0.6 is 15.9 Å². The molecule has 0 saturated carbocycles. The summed E-state index contributed by atoms with van der Waals surface area (Å²) in [6, 6.07) is -0.429. The summed E-state index contributed by atoms with van der Waals surface area (Å²) in [5.41, 5.74) is 0. The number of amides is 3. The van der Waals surface area contributed by atoms with Crippen LogP contribution < -0.4 is 10.6 Å². The summed E-state index contributed by atoms with van der Waals surface area (Å²) in [6.07, 6.45) is 0. The molecule has 1 rings (SSSR count). The molecule has 0 aromatic heterocycles. The third-order valence-corrected chi connectivity index (χ3v) is 1.92. The summed E-state index contributed by atoms with van der Waals surface area (Å²) in [7, 11) is 0. The van der Waals surface area contributed by atoms with Gasteiger partial charge < -0.3 is 5.32 Å². The molecule has 4 nitrogen and oxygen atoms in total. The normalized spacial score (nSPS) is 33.0. The molecular formula is C5H7BrN2O2. The van der Waals surface area contributed by atoms with Gasteiger partial charge in [0.25, 0.3) is 0 Å². The summed E-state index contributed by atoms with van der Waals surface area (Å²) < 4.78 is -0.652. The minimum atomic E-state index is -0.652. The van der Waals surface area contributed by atoms with E-state index in [1.807, 2.05) is 0 Å². The summed E-state index contributed by atoms with van der Waals surface area (Å²) >= 11 is 3.16. The van der Waals surface area contributed by atoms with E-state index in [9.17, 15) is 9.59 Å². The Morgan fingerprint density at radius 1 is 1.60 bits per heavy atom. The fraction of sp³-hybridized carbons (Fsp3) is 0.600. The number of imide groups is 1. The Labute approximate surface area is 66.5 Å². The van der Waals surface area contributed by atoms with Crippen molar-refractivity contribution in [2.45, 2.75) is 11.2 Å². The molecule has 10 heavy (non-hydrogen) atoms. The highest BCUT2D eigenvalue weighted by Crippen LogP contribution is 2.17. The summed E-state index contributed by atoms with van der Waals surface area (Å²) in [5.74, 6) is -0.295. The molecule has 1 atom stereocenters. The summed E-state index contributed by atoms with van der Waals surface area (Å²) in [4.78, 5) is 21.4. The average Bonchev–Trinajstić information content (AvgIpc) is 1.81. The second kappa shape index (κ2) is 2.23. The monoisotopic (exact) mass is 206 g/mol. The van der Waals surface area contributed by atoms with E-state index in [0.29, 0.717) is 6.54 Å². The number of carbonyl (C=O) groups is 2. The van der Waals surface area contributed by atoms with Crippen molar-refractivity contribution in [2.24, 2.45) is 0 Å². The second-order valence-corrected chi connectivity index (χ2v) is 4.08. The van der Waals surface area contributed by atoms with Crippen LogP contribution in [0.25, 0.3) is 0 Å². The standard InChI is InChI=1S/C5H7BrN2O2/c1-5(6)2-7-4(10)8-3(5)9/h2H2,1H3,(H2,7,8,9,10)/t5-/m1/s1. The number of halogens is 1. The van der Waals surface area contributed by atoms with E-state index < -0.39 is 10.4 Å². The largest absolute Gasteiger partial charge is 0.336 e. The van der Waals surface area contributed by atoms with Crippen molar-refractivity contribution in [1.82, 2.24) is 10.6 Å². The van der Waals surface area contributed by atoms with E-state index in [0.717, 1.165) is 0 Å². The fourth-order valence-corrected chi connectivity index (χ4v) is 0.843. The number of carbonyl (C=O) groups excluding carboxylic acids is 2. The average molecular weight is 207 g/mol.